The van der Waals surface area contributed by atoms with Gasteiger partial charge in [-0.3, -0.25) is 4.79 Å². The molecule has 1 aromatic rings. The van der Waals surface area contributed by atoms with Gasteiger partial charge < -0.3 is 15.3 Å². The van der Waals surface area contributed by atoms with Crippen LogP contribution in [0.15, 0.2) is 24.3 Å². The van der Waals surface area contributed by atoms with Crippen LogP contribution in [0.1, 0.15) is 23.7 Å². The number of carboxylic acid groups (broad SMARTS) is 1. The molecular weight excluding hydrogens is 240 g/mol. The van der Waals surface area contributed by atoms with Gasteiger partial charge in [-0.1, -0.05) is 24.3 Å². The van der Waals surface area contributed by atoms with E-state index in [-0.39, 0.29) is 6.42 Å². The van der Waals surface area contributed by atoms with Crippen LogP contribution in [0.3, 0.4) is 0 Å². The van der Waals surface area contributed by atoms with E-state index in [1.54, 1.807) is 24.3 Å². The Morgan fingerprint density at radius 1 is 1.29 bits per heavy atom. The van der Waals surface area contributed by atoms with E-state index in [4.69, 9.17) is 5.11 Å². The molecule has 0 aliphatic carbocycles. The van der Waals surface area contributed by atoms with Crippen molar-refractivity contribution in [2.24, 2.45) is 0 Å². The van der Waals surface area contributed by atoms with E-state index in [2.05, 4.69) is 12.6 Å². The molecule has 0 amide bonds. The number of rotatable bonds is 6. The fraction of sp³-hybridized carbons (Fsp3) is 0.417. The quantitative estimate of drug-likeness (QED) is 0.573. The second kappa shape index (κ2) is 6.64. The van der Waals surface area contributed by atoms with Gasteiger partial charge in [-0.05, 0) is 23.3 Å². The van der Waals surface area contributed by atoms with Gasteiger partial charge in [0.1, 0.15) is 6.10 Å². The molecule has 2 unspecified atom stereocenters. The standard InChI is InChI=1S/C12H16O4S/c13-10(5-6-17)12(16)9-4-2-1-3-8(9)7-11(14)15/h1-4,10,12-13,16-17H,5-7H2,(H,14,15). The summed E-state index contributed by atoms with van der Waals surface area (Å²) < 4.78 is 0. The van der Waals surface area contributed by atoms with Gasteiger partial charge in [0, 0.05) is 0 Å². The number of hydrogen-bond acceptors (Lipinski definition) is 4. The van der Waals surface area contributed by atoms with Crippen molar-refractivity contribution in [2.75, 3.05) is 5.75 Å². The molecule has 0 fully saturated rings. The molecule has 1 aromatic carbocycles. The summed E-state index contributed by atoms with van der Waals surface area (Å²) in [5, 5.41) is 28.4. The van der Waals surface area contributed by atoms with Gasteiger partial charge in [0.25, 0.3) is 0 Å². The van der Waals surface area contributed by atoms with Crippen molar-refractivity contribution in [2.45, 2.75) is 25.0 Å². The van der Waals surface area contributed by atoms with Crippen LogP contribution < -0.4 is 0 Å². The van der Waals surface area contributed by atoms with Gasteiger partial charge in [-0.15, -0.1) is 0 Å². The molecule has 0 saturated carbocycles. The van der Waals surface area contributed by atoms with Crippen LogP contribution in [0.2, 0.25) is 0 Å². The molecule has 4 nitrogen and oxygen atoms in total. The second-order valence-electron chi connectivity index (χ2n) is 3.79. The van der Waals surface area contributed by atoms with Gasteiger partial charge in [0.15, 0.2) is 0 Å². The molecule has 17 heavy (non-hydrogen) atoms. The first kappa shape index (κ1) is 14.0. The van der Waals surface area contributed by atoms with Crippen molar-refractivity contribution < 1.29 is 20.1 Å². The zero-order valence-corrected chi connectivity index (χ0v) is 10.2. The Kier molecular flexibility index (Phi) is 5.47. The van der Waals surface area contributed by atoms with Crippen LogP contribution in [-0.2, 0) is 11.2 Å². The Balaban J connectivity index is 2.91. The predicted molar refractivity (Wildman–Crippen MR) is 67.2 cm³/mol. The van der Waals surface area contributed by atoms with Gasteiger partial charge >= 0.3 is 5.97 Å². The number of carbonyl (C=O) groups is 1. The maximum atomic E-state index is 10.7. The van der Waals surface area contributed by atoms with E-state index < -0.39 is 18.2 Å². The zero-order valence-electron chi connectivity index (χ0n) is 9.28. The van der Waals surface area contributed by atoms with E-state index in [1.807, 2.05) is 0 Å². The van der Waals surface area contributed by atoms with Crippen LogP contribution in [-0.4, -0.2) is 33.1 Å². The molecule has 0 heterocycles. The minimum atomic E-state index is -1.07. The third kappa shape index (κ3) is 4.03. The summed E-state index contributed by atoms with van der Waals surface area (Å²) >= 11 is 3.98. The molecule has 5 heteroatoms. The lowest BCUT2D eigenvalue weighted by atomic mass is 9.96. The molecule has 1 rings (SSSR count). The number of aliphatic carboxylic acids is 1. The summed E-state index contributed by atoms with van der Waals surface area (Å²) in [6, 6.07) is 6.68. The molecule has 94 valence electrons. The van der Waals surface area contributed by atoms with Crippen LogP contribution >= 0.6 is 12.6 Å². The second-order valence-corrected chi connectivity index (χ2v) is 4.24. The average molecular weight is 256 g/mol. The first-order valence-corrected chi connectivity index (χ1v) is 5.96. The molecule has 3 N–H and O–H groups in total. The zero-order chi connectivity index (χ0) is 12.8. The average Bonchev–Trinajstić information content (AvgIpc) is 2.28. The van der Waals surface area contributed by atoms with E-state index in [1.165, 1.54) is 0 Å². The largest absolute Gasteiger partial charge is 0.481 e. The third-order valence-electron chi connectivity index (χ3n) is 2.50. The lowest BCUT2D eigenvalue weighted by Gasteiger charge is -2.19. The van der Waals surface area contributed by atoms with E-state index in [0.717, 1.165) is 0 Å². The first-order chi connectivity index (χ1) is 8.06. The minimum Gasteiger partial charge on any atom is -0.481 e. The van der Waals surface area contributed by atoms with Gasteiger partial charge in [0.05, 0.1) is 12.5 Å². The summed E-state index contributed by atoms with van der Waals surface area (Å²) in [7, 11) is 0. The van der Waals surface area contributed by atoms with Crippen molar-refractivity contribution >= 4 is 18.6 Å². The van der Waals surface area contributed by atoms with Gasteiger partial charge in [-0.25, -0.2) is 0 Å². The molecule has 0 spiro atoms. The molecule has 0 aromatic heterocycles. The fourth-order valence-electron chi connectivity index (χ4n) is 1.64. The highest BCUT2D eigenvalue weighted by Crippen LogP contribution is 2.23. The number of benzene rings is 1. The Morgan fingerprint density at radius 3 is 2.53 bits per heavy atom. The Bertz CT molecular complexity index is 381. The molecule has 0 bridgehead atoms. The minimum absolute atomic E-state index is 0.166. The Hall–Kier alpha value is -1.04. The topological polar surface area (TPSA) is 77.8 Å². The smallest absolute Gasteiger partial charge is 0.307 e. The summed E-state index contributed by atoms with van der Waals surface area (Å²) in [6.07, 6.45) is -1.81. The number of hydrogen-bond donors (Lipinski definition) is 4. The normalized spacial score (nSPS) is 14.3. The van der Waals surface area contributed by atoms with E-state index in [9.17, 15) is 15.0 Å². The lowest BCUT2D eigenvalue weighted by Crippen LogP contribution is -2.20. The molecular formula is C12H16O4S. The van der Waals surface area contributed by atoms with Gasteiger partial charge in [-0.2, -0.15) is 12.6 Å². The van der Waals surface area contributed by atoms with Crippen LogP contribution in [0, 0.1) is 0 Å². The molecule has 2 atom stereocenters. The summed E-state index contributed by atoms with van der Waals surface area (Å²) in [5.41, 5.74) is 0.981. The van der Waals surface area contributed by atoms with Gasteiger partial charge in [0.2, 0.25) is 0 Å². The SMILES string of the molecule is O=C(O)Cc1ccccc1C(O)C(O)CCS. The summed E-state index contributed by atoms with van der Waals surface area (Å²) in [5.74, 6) is -0.507. The highest BCUT2D eigenvalue weighted by atomic mass is 32.1. The Morgan fingerprint density at radius 2 is 1.94 bits per heavy atom. The predicted octanol–water partition coefficient (Wildman–Crippen LogP) is 1.03. The molecule has 0 aliphatic rings. The Labute approximate surface area is 105 Å². The number of thiol groups is 1. The van der Waals surface area contributed by atoms with E-state index >= 15 is 0 Å². The maximum absolute atomic E-state index is 10.7. The molecule has 0 radical (unpaired) electrons. The van der Waals surface area contributed by atoms with Crippen molar-refractivity contribution in [3.63, 3.8) is 0 Å². The third-order valence-corrected chi connectivity index (χ3v) is 2.76. The van der Waals surface area contributed by atoms with Crippen molar-refractivity contribution in [1.29, 1.82) is 0 Å². The van der Waals surface area contributed by atoms with Crippen molar-refractivity contribution in [1.82, 2.24) is 0 Å². The van der Waals surface area contributed by atoms with Crippen LogP contribution in [0.25, 0.3) is 0 Å². The molecule has 0 aliphatic heterocycles. The fourth-order valence-corrected chi connectivity index (χ4v) is 1.91. The highest BCUT2D eigenvalue weighted by molar-refractivity contribution is 7.80. The molecule has 0 saturated heterocycles. The van der Waals surface area contributed by atoms with Crippen molar-refractivity contribution in [3.8, 4) is 0 Å². The van der Waals surface area contributed by atoms with E-state index in [0.29, 0.717) is 23.3 Å². The summed E-state index contributed by atoms with van der Waals surface area (Å²) in [4.78, 5) is 10.7. The summed E-state index contributed by atoms with van der Waals surface area (Å²) in [6.45, 7) is 0. The van der Waals surface area contributed by atoms with Crippen LogP contribution in [0.5, 0.6) is 0 Å². The maximum Gasteiger partial charge on any atom is 0.307 e. The number of aliphatic hydroxyl groups excluding tert-OH is 2. The number of aliphatic hydroxyl groups is 2. The van der Waals surface area contributed by atoms with Crippen molar-refractivity contribution in [3.05, 3.63) is 35.4 Å². The number of carboxylic acids is 1. The highest BCUT2D eigenvalue weighted by Gasteiger charge is 2.20. The van der Waals surface area contributed by atoms with Crippen LogP contribution in [0.4, 0.5) is 0 Å². The monoisotopic (exact) mass is 256 g/mol. The first-order valence-electron chi connectivity index (χ1n) is 5.33. The lowest BCUT2D eigenvalue weighted by molar-refractivity contribution is -0.136.